The molecule has 1 fully saturated rings. The predicted octanol–water partition coefficient (Wildman–Crippen LogP) is 6.26. The summed E-state index contributed by atoms with van der Waals surface area (Å²) in [5.74, 6) is 0. The van der Waals surface area contributed by atoms with E-state index in [1.165, 1.54) is 43.6 Å². The molecule has 0 saturated carbocycles. The van der Waals surface area contributed by atoms with E-state index >= 15 is 0 Å². The minimum Gasteiger partial charge on any atom is -0.340 e. The van der Waals surface area contributed by atoms with Gasteiger partial charge in [-0.05, 0) is 67.2 Å². The SMILES string of the molecule is CC(C)(C)c1ccc(N(CCN2CCCCC2)c2cccc(Cl)c2)cc1. The second kappa shape index (κ2) is 8.45. The van der Waals surface area contributed by atoms with Crippen LogP contribution in [-0.2, 0) is 5.41 Å². The highest BCUT2D eigenvalue weighted by Crippen LogP contribution is 2.30. The number of benzene rings is 2. The summed E-state index contributed by atoms with van der Waals surface area (Å²) < 4.78 is 0. The molecule has 1 aliphatic heterocycles. The maximum Gasteiger partial charge on any atom is 0.0426 e. The van der Waals surface area contributed by atoms with Crippen molar-refractivity contribution in [2.24, 2.45) is 0 Å². The van der Waals surface area contributed by atoms with E-state index in [1.54, 1.807) is 0 Å². The van der Waals surface area contributed by atoms with E-state index in [9.17, 15) is 0 Å². The highest BCUT2D eigenvalue weighted by atomic mass is 35.5. The molecular formula is C23H31ClN2. The molecule has 1 saturated heterocycles. The first-order chi connectivity index (χ1) is 12.4. The molecule has 1 heterocycles. The van der Waals surface area contributed by atoms with Gasteiger partial charge in [0.1, 0.15) is 0 Å². The van der Waals surface area contributed by atoms with Gasteiger partial charge in [0.25, 0.3) is 0 Å². The summed E-state index contributed by atoms with van der Waals surface area (Å²) in [6, 6.07) is 17.2. The lowest BCUT2D eigenvalue weighted by Crippen LogP contribution is -2.36. The van der Waals surface area contributed by atoms with Gasteiger partial charge in [-0.2, -0.15) is 0 Å². The van der Waals surface area contributed by atoms with E-state index in [1.807, 2.05) is 12.1 Å². The van der Waals surface area contributed by atoms with Crippen molar-refractivity contribution in [1.29, 1.82) is 0 Å². The van der Waals surface area contributed by atoms with Crippen LogP contribution in [0.4, 0.5) is 11.4 Å². The standard InChI is InChI=1S/C23H31ClN2/c1-23(2,3)19-10-12-21(13-11-19)26(22-9-7-8-20(24)18-22)17-16-25-14-5-4-6-15-25/h7-13,18H,4-6,14-17H2,1-3H3. The number of anilines is 2. The van der Waals surface area contributed by atoms with Crippen molar-refractivity contribution in [3.8, 4) is 0 Å². The van der Waals surface area contributed by atoms with E-state index in [4.69, 9.17) is 11.6 Å². The van der Waals surface area contributed by atoms with Crippen LogP contribution >= 0.6 is 11.6 Å². The van der Waals surface area contributed by atoms with Crippen LogP contribution in [0.25, 0.3) is 0 Å². The summed E-state index contributed by atoms with van der Waals surface area (Å²) >= 11 is 6.27. The second-order valence-corrected chi connectivity index (χ2v) is 8.77. The van der Waals surface area contributed by atoms with Crippen molar-refractivity contribution in [1.82, 2.24) is 4.90 Å². The summed E-state index contributed by atoms with van der Waals surface area (Å²) in [7, 11) is 0. The van der Waals surface area contributed by atoms with Crippen LogP contribution in [0.5, 0.6) is 0 Å². The highest BCUT2D eigenvalue weighted by Gasteiger charge is 2.17. The predicted molar refractivity (Wildman–Crippen MR) is 114 cm³/mol. The Morgan fingerprint density at radius 3 is 2.23 bits per heavy atom. The minimum absolute atomic E-state index is 0.174. The number of hydrogen-bond acceptors (Lipinski definition) is 2. The Bertz CT molecular complexity index is 697. The number of nitrogens with zero attached hydrogens (tertiary/aromatic N) is 2. The van der Waals surface area contributed by atoms with Gasteiger partial charge in [-0.25, -0.2) is 0 Å². The lowest BCUT2D eigenvalue weighted by Gasteiger charge is -2.31. The third kappa shape index (κ3) is 5.02. The fraction of sp³-hybridized carbons (Fsp3) is 0.478. The van der Waals surface area contributed by atoms with Gasteiger partial charge in [-0.1, -0.05) is 57.0 Å². The molecule has 140 valence electrons. The highest BCUT2D eigenvalue weighted by molar-refractivity contribution is 6.30. The molecule has 2 nitrogen and oxygen atoms in total. The zero-order valence-corrected chi connectivity index (χ0v) is 17.1. The Balaban J connectivity index is 1.82. The van der Waals surface area contributed by atoms with Gasteiger partial charge < -0.3 is 9.80 Å². The fourth-order valence-electron chi connectivity index (χ4n) is 3.62. The van der Waals surface area contributed by atoms with Gasteiger partial charge in [0, 0.05) is 29.5 Å². The Labute approximate surface area is 163 Å². The molecule has 0 N–H and O–H groups in total. The molecule has 1 aliphatic rings. The Hall–Kier alpha value is -1.51. The molecule has 0 spiro atoms. The lowest BCUT2D eigenvalue weighted by atomic mass is 9.87. The summed E-state index contributed by atoms with van der Waals surface area (Å²) in [5.41, 5.74) is 3.94. The molecular weight excluding hydrogens is 340 g/mol. The molecule has 0 aromatic heterocycles. The van der Waals surface area contributed by atoms with E-state index in [-0.39, 0.29) is 5.41 Å². The van der Waals surface area contributed by atoms with E-state index in [0.717, 1.165) is 23.8 Å². The number of piperidine rings is 1. The van der Waals surface area contributed by atoms with Gasteiger partial charge in [0.15, 0.2) is 0 Å². The van der Waals surface area contributed by atoms with Crippen molar-refractivity contribution in [3.63, 3.8) is 0 Å². The zero-order chi connectivity index (χ0) is 18.6. The summed E-state index contributed by atoms with van der Waals surface area (Å²) in [6.07, 6.45) is 4.04. The van der Waals surface area contributed by atoms with Crippen molar-refractivity contribution in [3.05, 3.63) is 59.1 Å². The average Bonchev–Trinajstić information content (AvgIpc) is 2.63. The largest absolute Gasteiger partial charge is 0.340 e. The second-order valence-electron chi connectivity index (χ2n) is 8.33. The molecule has 3 heteroatoms. The summed E-state index contributed by atoms with van der Waals surface area (Å²) in [6.45, 7) is 11.3. The molecule has 0 radical (unpaired) electrons. The molecule has 2 aromatic carbocycles. The van der Waals surface area contributed by atoms with E-state index in [2.05, 4.69) is 67.0 Å². The molecule has 2 aromatic rings. The van der Waals surface area contributed by atoms with Gasteiger partial charge in [-0.15, -0.1) is 0 Å². The molecule has 0 atom stereocenters. The topological polar surface area (TPSA) is 6.48 Å². The van der Waals surface area contributed by atoms with Crippen LogP contribution in [0.15, 0.2) is 48.5 Å². The monoisotopic (exact) mass is 370 g/mol. The van der Waals surface area contributed by atoms with Crippen LogP contribution in [0.1, 0.15) is 45.6 Å². The molecule has 0 bridgehead atoms. The molecule has 0 unspecified atom stereocenters. The first-order valence-corrected chi connectivity index (χ1v) is 10.2. The van der Waals surface area contributed by atoms with Gasteiger partial charge in [0.05, 0.1) is 0 Å². The van der Waals surface area contributed by atoms with Crippen LogP contribution in [-0.4, -0.2) is 31.1 Å². The average molecular weight is 371 g/mol. The Kier molecular flexibility index (Phi) is 6.26. The number of hydrogen-bond donors (Lipinski definition) is 0. The Morgan fingerprint density at radius 1 is 0.923 bits per heavy atom. The molecule has 0 aliphatic carbocycles. The number of likely N-dealkylation sites (tertiary alicyclic amines) is 1. The quantitative estimate of drug-likeness (QED) is 0.612. The zero-order valence-electron chi connectivity index (χ0n) is 16.3. The van der Waals surface area contributed by atoms with Crippen LogP contribution in [0.3, 0.4) is 0 Å². The first-order valence-electron chi connectivity index (χ1n) is 9.79. The number of rotatable bonds is 5. The minimum atomic E-state index is 0.174. The van der Waals surface area contributed by atoms with Crippen molar-refractivity contribution < 1.29 is 0 Å². The fourth-order valence-corrected chi connectivity index (χ4v) is 3.80. The first kappa shape index (κ1) is 19.3. The summed E-state index contributed by atoms with van der Waals surface area (Å²) in [5, 5.41) is 0.789. The molecule has 0 amide bonds. The normalized spacial score (nSPS) is 15.8. The maximum absolute atomic E-state index is 6.27. The maximum atomic E-state index is 6.27. The third-order valence-corrected chi connectivity index (χ3v) is 5.49. The van der Waals surface area contributed by atoms with Gasteiger partial charge in [-0.3, -0.25) is 0 Å². The molecule has 3 rings (SSSR count). The van der Waals surface area contributed by atoms with Crippen molar-refractivity contribution in [2.75, 3.05) is 31.1 Å². The lowest BCUT2D eigenvalue weighted by molar-refractivity contribution is 0.234. The number of halogens is 1. The summed E-state index contributed by atoms with van der Waals surface area (Å²) in [4.78, 5) is 4.98. The Morgan fingerprint density at radius 2 is 1.62 bits per heavy atom. The third-order valence-electron chi connectivity index (χ3n) is 5.25. The van der Waals surface area contributed by atoms with Gasteiger partial charge in [0.2, 0.25) is 0 Å². The van der Waals surface area contributed by atoms with E-state index in [0.29, 0.717) is 0 Å². The van der Waals surface area contributed by atoms with E-state index < -0.39 is 0 Å². The van der Waals surface area contributed by atoms with Crippen molar-refractivity contribution >= 4 is 23.0 Å². The van der Waals surface area contributed by atoms with Gasteiger partial charge >= 0.3 is 0 Å². The van der Waals surface area contributed by atoms with Crippen LogP contribution < -0.4 is 4.90 Å². The molecule has 26 heavy (non-hydrogen) atoms. The van der Waals surface area contributed by atoms with Crippen LogP contribution in [0.2, 0.25) is 5.02 Å². The van der Waals surface area contributed by atoms with Crippen molar-refractivity contribution in [2.45, 2.75) is 45.4 Å². The smallest absolute Gasteiger partial charge is 0.0426 e. The van der Waals surface area contributed by atoms with Crippen LogP contribution in [0, 0.1) is 0 Å².